The molecule has 1 aromatic rings. The minimum absolute atomic E-state index is 0.0285. The number of rotatable bonds is 5. The van der Waals surface area contributed by atoms with Crippen LogP contribution >= 0.6 is 11.6 Å². The first kappa shape index (κ1) is 14.9. The molecule has 0 aliphatic rings. The molecule has 100 valence electrons. The van der Waals surface area contributed by atoms with Gasteiger partial charge in [-0.1, -0.05) is 25.4 Å². The Balaban J connectivity index is 2.66. The maximum absolute atomic E-state index is 13.5. The Morgan fingerprint density at radius 1 is 1.50 bits per heavy atom. The first-order valence-electron chi connectivity index (χ1n) is 5.70. The zero-order chi connectivity index (χ0) is 13.8. The Morgan fingerprint density at radius 2 is 2.17 bits per heavy atom. The lowest BCUT2D eigenvalue weighted by Crippen LogP contribution is -2.34. The number of aliphatic hydroxyl groups is 1. The molecule has 0 atom stereocenters. The molecule has 5 heteroatoms. The summed E-state index contributed by atoms with van der Waals surface area (Å²) in [6.45, 7) is 4.26. The first-order chi connectivity index (χ1) is 8.35. The van der Waals surface area contributed by atoms with E-state index in [1.165, 1.54) is 12.1 Å². The minimum Gasteiger partial charge on any atom is -0.396 e. The minimum atomic E-state index is -0.639. The second-order valence-corrected chi connectivity index (χ2v) is 5.38. The van der Waals surface area contributed by atoms with Crippen molar-refractivity contribution in [3.05, 3.63) is 34.6 Å². The third-order valence-electron chi connectivity index (χ3n) is 2.69. The van der Waals surface area contributed by atoms with Gasteiger partial charge in [-0.15, -0.1) is 0 Å². The number of hydrogen-bond acceptors (Lipinski definition) is 2. The van der Waals surface area contributed by atoms with Gasteiger partial charge < -0.3 is 10.4 Å². The van der Waals surface area contributed by atoms with Crippen LogP contribution in [-0.4, -0.2) is 24.2 Å². The molecule has 0 unspecified atom stereocenters. The van der Waals surface area contributed by atoms with Gasteiger partial charge in [0.15, 0.2) is 0 Å². The highest BCUT2D eigenvalue weighted by atomic mass is 35.5. The van der Waals surface area contributed by atoms with E-state index >= 15 is 0 Å². The zero-order valence-corrected chi connectivity index (χ0v) is 11.2. The van der Waals surface area contributed by atoms with Crippen molar-refractivity contribution in [3.8, 4) is 0 Å². The normalized spacial score (nSPS) is 11.4. The lowest BCUT2D eigenvalue weighted by molar-refractivity contribution is 0.0924. The van der Waals surface area contributed by atoms with Crippen molar-refractivity contribution in [2.45, 2.75) is 20.3 Å². The molecule has 0 spiro atoms. The summed E-state index contributed by atoms with van der Waals surface area (Å²) in [5.41, 5.74) is -0.257. The molecule has 2 N–H and O–H groups in total. The molecule has 1 rings (SSSR count). The van der Waals surface area contributed by atoms with E-state index in [1.807, 2.05) is 13.8 Å². The number of carbonyl (C=O) groups excluding carboxylic acids is 1. The van der Waals surface area contributed by atoms with Crippen molar-refractivity contribution in [1.29, 1.82) is 0 Å². The van der Waals surface area contributed by atoms with Crippen LogP contribution in [0.4, 0.5) is 4.39 Å². The van der Waals surface area contributed by atoms with E-state index in [-0.39, 0.29) is 22.6 Å². The van der Waals surface area contributed by atoms with Gasteiger partial charge in [0.05, 0.1) is 5.56 Å². The van der Waals surface area contributed by atoms with Gasteiger partial charge in [-0.2, -0.15) is 0 Å². The summed E-state index contributed by atoms with van der Waals surface area (Å²) in [5.74, 6) is -1.12. The second-order valence-electron chi connectivity index (χ2n) is 4.94. The van der Waals surface area contributed by atoms with Crippen LogP contribution in [0.1, 0.15) is 30.6 Å². The van der Waals surface area contributed by atoms with Crippen LogP contribution in [-0.2, 0) is 0 Å². The average molecular weight is 274 g/mol. The summed E-state index contributed by atoms with van der Waals surface area (Å²) >= 11 is 5.61. The monoisotopic (exact) mass is 273 g/mol. The molecule has 0 bridgehead atoms. The fourth-order valence-corrected chi connectivity index (χ4v) is 1.64. The Morgan fingerprint density at radius 3 is 2.72 bits per heavy atom. The molecule has 1 amide bonds. The fraction of sp³-hybridized carbons (Fsp3) is 0.462. The number of benzene rings is 1. The van der Waals surface area contributed by atoms with E-state index in [0.29, 0.717) is 13.0 Å². The Labute approximate surface area is 111 Å². The molecule has 0 saturated heterocycles. The van der Waals surface area contributed by atoms with Gasteiger partial charge in [0.25, 0.3) is 5.91 Å². The molecular weight excluding hydrogens is 257 g/mol. The van der Waals surface area contributed by atoms with Gasteiger partial charge in [-0.05, 0) is 30.0 Å². The van der Waals surface area contributed by atoms with Crippen molar-refractivity contribution in [2.24, 2.45) is 5.41 Å². The SMILES string of the molecule is CC(C)(CCO)CNC(=O)c1ccc(Cl)cc1F. The Kier molecular flexibility index (Phi) is 5.11. The maximum Gasteiger partial charge on any atom is 0.254 e. The van der Waals surface area contributed by atoms with E-state index in [1.54, 1.807) is 0 Å². The number of amides is 1. The first-order valence-corrected chi connectivity index (χ1v) is 6.07. The van der Waals surface area contributed by atoms with Gasteiger partial charge in [0, 0.05) is 18.2 Å². The van der Waals surface area contributed by atoms with Crippen LogP contribution in [0.25, 0.3) is 0 Å². The number of nitrogens with one attached hydrogen (secondary N) is 1. The topological polar surface area (TPSA) is 49.3 Å². The number of hydrogen-bond donors (Lipinski definition) is 2. The molecule has 0 heterocycles. The fourth-order valence-electron chi connectivity index (χ4n) is 1.48. The van der Waals surface area contributed by atoms with Gasteiger partial charge in [-0.3, -0.25) is 4.79 Å². The quantitative estimate of drug-likeness (QED) is 0.866. The highest BCUT2D eigenvalue weighted by molar-refractivity contribution is 6.30. The summed E-state index contributed by atoms with van der Waals surface area (Å²) in [6, 6.07) is 3.93. The van der Waals surface area contributed by atoms with E-state index in [4.69, 9.17) is 16.7 Å². The van der Waals surface area contributed by atoms with E-state index in [0.717, 1.165) is 6.07 Å². The van der Waals surface area contributed by atoms with Crippen molar-refractivity contribution in [3.63, 3.8) is 0 Å². The summed E-state index contributed by atoms with van der Waals surface area (Å²) in [4.78, 5) is 11.8. The molecule has 18 heavy (non-hydrogen) atoms. The van der Waals surface area contributed by atoms with Crippen molar-refractivity contribution < 1.29 is 14.3 Å². The summed E-state index contributed by atoms with van der Waals surface area (Å²) < 4.78 is 13.5. The molecule has 0 saturated carbocycles. The Hall–Kier alpha value is -1.13. The van der Waals surface area contributed by atoms with Crippen LogP contribution in [0.5, 0.6) is 0 Å². The summed E-state index contributed by atoms with van der Waals surface area (Å²) in [5, 5.41) is 11.8. The molecule has 3 nitrogen and oxygen atoms in total. The Bertz CT molecular complexity index is 435. The van der Waals surface area contributed by atoms with Crippen molar-refractivity contribution in [2.75, 3.05) is 13.2 Å². The molecule has 0 aliphatic heterocycles. The molecule has 0 aliphatic carbocycles. The van der Waals surface area contributed by atoms with Crippen molar-refractivity contribution >= 4 is 17.5 Å². The second kappa shape index (κ2) is 6.16. The highest BCUT2D eigenvalue weighted by Gasteiger charge is 2.19. The van der Waals surface area contributed by atoms with Gasteiger partial charge in [0.2, 0.25) is 0 Å². The van der Waals surface area contributed by atoms with Crippen LogP contribution < -0.4 is 5.32 Å². The standard InChI is InChI=1S/C13H17ClFNO2/c1-13(2,5-6-17)8-16-12(18)10-4-3-9(14)7-11(10)15/h3-4,7,17H,5-6,8H2,1-2H3,(H,16,18). The molecular formula is C13H17ClFNO2. The van der Waals surface area contributed by atoms with Gasteiger partial charge >= 0.3 is 0 Å². The predicted molar refractivity (Wildman–Crippen MR) is 69.2 cm³/mol. The molecule has 0 aromatic heterocycles. The average Bonchev–Trinajstić information content (AvgIpc) is 2.26. The largest absolute Gasteiger partial charge is 0.396 e. The number of carbonyl (C=O) groups is 1. The van der Waals surface area contributed by atoms with Crippen LogP contribution in [0.2, 0.25) is 5.02 Å². The van der Waals surface area contributed by atoms with Crippen LogP contribution in [0, 0.1) is 11.2 Å². The summed E-state index contributed by atoms with van der Waals surface area (Å²) in [7, 11) is 0. The van der Waals surface area contributed by atoms with Gasteiger partial charge in [-0.25, -0.2) is 4.39 Å². The predicted octanol–water partition coefficient (Wildman–Crippen LogP) is 2.62. The highest BCUT2D eigenvalue weighted by Crippen LogP contribution is 2.19. The lowest BCUT2D eigenvalue weighted by atomic mass is 9.89. The third kappa shape index (κ3) is 4.27. The molecule has 0 radical (unpaired) electrons. The lowest BCUT2D eigenvalue weighted by Gasteiger charge is -2.23. The third-order valence-corrected chi connectivity index (χ3v) is 2.93. The number of halogens is 2. The van der Waals surface area contributed by atoms with Gasteiger partial charge in [0.1, 0.15) is 5.82 Å². The maximum atomic E-state index is 13.5. The molecule has 1 aromatic carbocycles. The van der Waals surface area contributed by atoms with E-state index in [2.05, 4.69) is 5.32 Å². The van der Waals surface area contributed by atoms with Crippen LogP contribution in [0.3, 0.4) is 0 Å². The molecule has 0 fully saturated rings. The van der Waals surface area contributed by atoms with E-state index < -0.39 is 11.7 Å². The van der Waals surface area contributed by atoms with E-state index in [9.17, 15) is 9.18 Å². The summed E-state index contributed by atoms with van der Waals surface area (Å²) in [6.07, 6.45) is 0.566. The smallest absolute Gasteiger partial charge is 0.254 e. The van der Waals surface area contributed by atoms with Crippen molar-refractivity contribution in [1.82, 2.24) is 5.32 Å². The van der Waals surface area contributed by atoms with Crippen LogP contribution in [0.15, 0.2) is 18.2 Å². The zero-order valence-electron chi connectivity index (χ0n) is 10.5. The number of aliphatic hydroxyl groups excluding tert-OH is 1.